The van der Waals surface area contributed by atoms with Crippen LogP contribution in [0.15, 0.2) is 23.8 Å². The predicted octanol–water partition coefficient (Wildman–Crippen LogP) is 4.40. The van der Waals surface area contributed by atoms with E-state index in [1.807, 2.05) is 0 Å². The summed E-state index contributed by atoms with van der Waals surface area (Å²) < 4.78 is 0. The van der Waals surface area contributed by atoms with Crippen LogP contribution in [0.1, 0.15) is 46.5 Å². The summed E-state index contributed by atoms with van der Waals surface area (Å²) in [6.45, 7) is 6.84. The average Bonchev–Trinajstić information content (AvgIpc) is 2.98. The van der Waals surface area contributed by atoms with E-state index in [2.05, 4.69) is 39.0 Å². The van der Waals surface area contributed by atoms with E-state index >= 15 is 0 Å². The van der Waals surface area contributed by atoms with Crippen molar-refractivity contribution in [1.29, 1.82) is 0 Å². The predicted molar refractivity (Wildman–Crippen MR) is 78.7 cm³/mol. The summed E-state index contributed by atoms with van der Waals surface area (Å²) in [6, 6.07) is 0. The molecule has 0 saturated heterocycles. The van der Waals surface area contributed by atoms with Crippen LogP contribution in [-0.4, -0.2) is 5.78 Å². The van der Waals surface area contributed by atoms with Crippen molar-refractivity contribution in [2.45, 2.75) is 46.5 Å². The fourth-order valence-corrected chi connectivity index (χ4v) is 4.98. The van der Waals surface area contributed by atoms with Gasteiger partial charge in [-0.2, -0.15) is 0 Å². The van der Waals surface area contributed by atoms with Gasteiger partial charge in [0.25, 0.3) is 0 Å². The first kappa shape index (κ1) is 13.1. The molecule has 6 atom stereocenters. The Bertz CT molecular complexity index is 431. The highest BCUT2D eigenvalue weighted by Gasteiger charge is 2.47. The molecule has 0 amide bonds. The zero-order valence-corrected chi connectivity index (χ0v) is 12.4. The molecule has 1 saturated carbocycles. The molecule has 0 bridgehead atoms. The molecule has 1 nitrogen and oxygen atoms in total. The normalized spacial score (nSPS) is 48.2. The quantitative estimate of drug-likeness (QED) is 0.637. The fraction of sp³-hybridized carbons (Fsp3) is 0.722. The van der Waals surface area contributed by atoms with Gasteiger partial charge in [0.15, 0.2) is 0 Å². The van der Waals surface area contributed by atoms with Crippen LogP contribution < -0.4 is 0 Å². The Morgan fingerprint density at radius 1 is 1.32 bits per heavy atom. The van der Waals surface area contributed by atoms with Crippen LogP contribution in [0.4, 0.5) is 0 Å². The van der Waals surface area contributed by atoms with Crippen molar-refractivity contribution in [2.75, 3.05) is 0 Å². The largest absolute Gasteiger partial charge is 0.299 e. The van der Waals surface area contributed by atoms with E-state index in [-0.39, 0.29) is 5.92 Å². The van der Waals surface area contributed by atoms with Crippen molar-refractivity contribution >= 4 is 5.78 Å². The molecule has 104 valence electrons. The maximum atomic E-state index is 13.1. The Labute approximate surface area is 117 Å². The maximum absolute atomic E-state index is 13.1. The molecule has 0 unspecified atom stereocenters. The Morgan fingerprint density at radius 3 is 2.84 bits per heavy atom. The Hall–Kier alpha value is -0.850. The second-order valence-electron chi connectivity index (χ2n) is 6.95. The first-order valence-corrected chi connectivity index (χ1v) is 8.00. The molecule has 3 aliphatic carbocycles. The summed E-state index contributed by atoms with van der Waals surface area (Å²) >= 11 is 0. The van der Waals surface area contributed by atoms with Crippen LogP contribution in [0.3, 0.4) is 0 Å². The van der Waals surface area contributed by atoms with Gasteiger partial charge >= 0.3 is 0 Å². The highest BCUT2D eigenvalue weighted by atomic mass is 16.1. The molecule has 0 N–H and O–H groups in total. The maximum Gasteiger partial charge on any atom is 0.140 e. The number of Topliss-reactive ketones (excluding diaryl/α,β-unsaturated/α-hetero) is 1. The third-order valence-electron chi connectivity index (χ3n) is 5.98. The molecule has 19 heavy (non-hydrogen) atoms. The van der Waals surface area contributed by atoms with Crippen LogP contribution in [0, 0.1) is 35.5 Å². The summed E-state index contributed by atoms with van der Waals surface area (Å²) in [5.74, 6) is 3.56. The molecule has 0 spiro atoms. The van der Waals surface area contributed by atoms with Crippen molar-refractivity contribution in [3.63, 3.8) is 0 Å². The molecule has 1 fully saturated rings. The molecule has 0 heterocycles. The molecule has 0 aliphatic heterocycles. The second-order valence-corrected chi connectivity index (χ2v) is 6.95. The van der Waals surface area contributed by atoms with Crippen LogP contribution in [0.25, 0.3) is 0 Å². The van der Waals surface area contributed by atoms with Gasteiger partial charge in [0.2, 0.25) is 0 Å². The van der Waals surface area contributed by atoms with Crippen molar-refractivity contribution in [3.05, 3.63) is 23.8 Å². The van der Waals surface area contributed by atoms with Gasteiger partial charge in [-0.1, -0.05) is 44.1 Å². The lowest BCUT2D eigenvalue weighted by atomic mass is 9.71. The number of hydrogen-bond donors (Lipinski definition) is 0. The summed E-state index contributed by atoms with van der Waals surface area (Å²) in [4.78, 5) is 13.1. The number of ketones is 1. The van der Waals surface area contributed by atoms with Crippen molar-refractivity contribution < 1.29 is 4.79 Å². The summed E-state index contributed by atoms with van der Waals surface area (Å²) in [6.07, 6.45) is 11.5. The SMILES string of the molecule is CC[C@H]1[C@@H]2C(=O)[C@@H]3CC=C[C@@H]3/C(C)=C\C[C@@H]2C[C@H]1C. The first-order chi connectivity index (χ1) is 9.13. The van der Waals surface area contributed by atoms with Crippen molar-refractivity contribution in [3.8, 4) is 0 Å². The Balaban J connectivity index is 1.96. The second kappa shape index (κ2) is 4.92. The van der Waals surface area contributed by atoms with Crippen LogP contribution in [-0.2, 0) is 4.79 Å². The molecule has 1 heteroatoms. The summed E-state index contributed by atoms with van der Waals surface area (Å²) in [7, 11) is 0. The smallest absolute Gasteiger partial charge is 0.140 e. The lowest BCUT2D eigenvalue weighted by Gasteiger charge is -2.31. The molecule has 3 aliphatic rings. The Morgan fingerprint density at radius 2 is 2.11 bits per heavy atom. The van der Waals surface area contributed by atoms with Crippen LogP contribution in [0.5, 0.6) is 0 Å². The van der Waals surface area contributed by atoms with Gasteiger partial charge in [0.05, 0.1) is 0 Å². The number of hydrogen-bond acceptors (Lipinski definition) is 1. The first-order valence-electron chi connectivity index (χ1n) is 8.00. The lowest BCUT2D eigenvalue weighted by Crippen LogP contribution is -2.34. The van der Waals surface area contributed by atoms with E-state index in [4.69, 9.17) is 0 Å². The number of rotatable bonds is 1. The zero-order valence-electron chi connectivity index (χ0n) is 12.4. The van der Waals surface area contributed by atoms with Gasteiger partial charge in [0.1, 0.15) is 5.78 Å². The molecule has 0 aromatic heterocycles. The van der Waals surface area contributed by atoms with E-state index < -0.39 is 0 Å². The van der Waals surface area contributed by atoms with Crippen molar-refractivity contribution in [1.82, 2.24) is 0 Å². The number of fused-ring (bicyclic) bond motifs is 2. The van der Waals surface area contributed by atoms with Crippen LogP contribution in [0.2, 0.25) is 0 Å². The topological polar surface area (TPSA) is 17.1 Å². The number of carbonyl (C=O) groups is 1. The third kappa shape index (κ3) is 2.02. The van der Waals surface area contributed by atoms with Gasteiger partial charge in [-0.3, -0.25) is 4.79 Å². The van der Waals surface area contributed by atoms with E-state index in [0.717, 1.165) is 18.8 Å². The van der Waals surface area contributed by atoms with Gasteiger partial charge < -0.3 is 0 Å². The molecule has 0 radical (unpaired) electrons. The van der Waals surface area contributed by atoms with Crippen LogP contribution >= 0.6 is 0 Å². The third-order valence-corrected chi connectivity index (χ3v) is 5.98. The molecule has 3 rings (SSSR count). The molecular formula is C18H26O. The summed E-state index contributed by atoms with van der Waals surface area (Å²) in [5, 5.41) is 0. The van der Waals surface area contributed by atoms with E-state index in [1.54, 1.807) is 0 Å². The van der Waals surface area contributed by atoms with Gasteiger partial charge in [-0.25, -0.2) is 0 Å². The van der Waals surface area contributed by atoms with E-state index in [0.29, 0.717) is 29.5 Å². The fourth-order valence-electron chi connectivity index (χ4n) is 4.98. The minimum absolute atomic E-state index is 0.253. The minimum atomic E-state index is 0.253. The minimum Gasteiger partial charge on any atom is -0.299 e. The van der Waals surface area contributed by atoms with Gasteiger partial charge in [-0.15, -0.1) is 0 Å². The molecular weight excluding hydrogens is 232 g/mol. The van der Waals surface area contributed by atoms with E-state index in [9.17, 15) is 4.79 Å². The lowest BCUT2D eigenvalue weighted by molar-refractivity contribution is -0.130. The monoisotopic (exact) mass is 258 g/mol. The standard InChI is InChI=1S/C18H26O/c1-4-14-12(3)10-13-9-8-11(2)15-6-5-7-16(15)18(19)17(13)14/h5-6,8,12-17H,4,7,9-10H2,1-3H3/b11-8-/t12-,13-,14-,15-,16-,17-/m1/s1. The van der Waals surface area contributed by atoms with E-state index in [1.165, 1.54) is 18.4 Å². The molecule has 0 aromatic rings. The van der Waals surface area contributed by atoms with Crippen molar-refractivity contribution in [2.24, 2.45) is 35.5 Å². The highest BCUT2D eigenvalue weighted by molar-refractivity contribution is 5.86. The summed E-state index contributed by atoms with van der Waals surface area (Å²) in [5.41, 5.74) is 1.43. The van der Waals surface area contributed by atoms with Gasteiger partial charge in [0, 0.05) is 17.8 Å². The number of carbonyl (C=O) groups excluding carboxylic acids is 1. The highest BCUT2D eigenvalue weighted by Crippen LogP contribution is 2.49. The molecule has 0 aromatic carbocycles. The number of allylic oxidation sites excluding steroid dienone is 4. The zero-order chi connectivity index (χ0) is 13.6. The van der Waals surface area contributed by atoms with Gasteiger partial charge in [-0.05, 0) is 43.9 Å². The average molecular weight is 258 g/mol. The Kier molecular flexibility index (Phi) is 3.41.